The molecule has 3 atom stereocenters. The quantitative estimate of drug-likeness (QED) is 0.321. The molecule has 4 aliphatic heterocycles. The number of nitrogens with zero attached hydrogens (tertiary/aromatic N) is 5. The van der Waals surface area contributed by atoms with Crippen LogP contribution in [0.15, 0.2) is 53.5 Å². The van der Waals surface area contributed by atoms with Crippen molar-refractivity contribution in [1.29, 1.82) is 0 Å². The van der Waals surface area contributed by atoms with Crippen molar-refractivity contribution in [2.24, 2.45) is 12.5 Å². The Balaban J connectivity index is 0.940. The lowest BCUT2D eigenvalue weighted by molar-refractivity contribution is -0.138. The summed E-state index contributed by atoms with van der Waals surface area (Å²) in [5.74, 6) is -1.57. The molecule has 0 aliphatic carbocycles. The number of aromatic nitrogens is 2. The van der Waals surface area contributed by atoms with Crippen LogP contribution < -0.4 is 21.1 Å². The van der Waals surface area contributed by atoms with Crippen LogP contribution in [0.3, 0.4) is 0 Å². The summed E-state index contributed by atoms with van der Waals surface area (Å²) in [6.07, 6.45) is 1.11. The van der Waals surface area contributed by atoms with Gasteiger partial charge >= 0.3 is 6.18 Å². The molecule has 3 aromatic rings. The van der Waals surface area contributed by atoms with Crippen LogP contribution in [-0.4, -0.2) is 89.7 Å². The fraction of sp³-hybridized carbons (Fsp3) is 0.513. The molecule has 15 heteroatoms. The van der Waals surface area contributed by atoms with E-state index in [1.807, 2.05) is 29.2 Å². The molecule has 0 radical (unpaired) electrons. The highest BCUT2D eigenvalue weighted by Gasteiger charge is 2.42. The third-order valence-electron chi connectivity index (χ3n) is 11.9. The molecule has 2 N–H and O–H groups in total. The lowest BCUT2D eigenvalue weighted by Crippen LogP contribution is -2.48. The summed E-state index contributed by atoms with van der Waals surface area (Å²) in [4.78, 5) is 55.7. The van der Waals surface area contributed by atoms with Gasteiger partial charge in [0, 0.05) is 70.0 Å². The Morgan fingerprint density at radius 3 is 2.28 bits per heavy atom. The number of amides is 3. The zero-order valence-corrected chi connectivity index (χ0v) is 31.2. The summed E-state index contributed by atoms with van der Waals surface area (Å²) < 4.78 is 44.2. The Morgan fingerprint density at radius 2 is 1.61 bits per heavy atom. The molecular weight excluding hydrogens is 723 g/mol. The Labute approximate surface area is 316 Å². The van der Waals surface area contributed by atoms with Gasteiger partial charge in [-0.15, -0.1) is 0 Å². The Kier molecular flexibility index (Phi) is 10.5. The molecule has 5 heterocycles. The second-order valence-electron chi connectivity index (χ2n) is 15.5. The number of nitrogens with one attached hydrogen (secondary N) is 2. The van der Waals surface area contributed by atoms with Crippen molar-refractivity contribution in [3.05, 3.63) is 86.3 Å². The summed E-state index contributed by atoms with van der Waals surface area (Å²) in [6.45, 7) is 3.76. The molecule has 1 spiro atoms. The van der Waals surface area contributed by atoms with Crippen molar-refractivity contribution in [3.63, 3.8) is 0 Å². The van der Waals surface area contributed by atoms with Gasteiger partial charge in [0.05, 0.1) is 23.4 Å². The minimum atomic E-state index is -4.60. The van der Waals surface area contributed by atoms with Gasteiger partial charge in [0.25, 0.3) is 11.5 Å². The monoisotopic (exact) mass is 767 g/mol. The maximum absolute atomic E-state index is 14.3. The molecule has 54 heavy (non-hydrogen) atoms. The largest absolute Gasteiger partial charge is 0.418 e. The fourth-order valence-electron chi connectivity index (χ4n) is 8.77. The summed E-state index contributed by atoms with van der Waals surface area (Å²) in [5, 5.41) is 9.84. The van der Waals surface area contributed by atoms with E-state index in [0.29, 0.717) is 37.4 Å². The summed E-state index contributed by atoms with van der Waals surface area (Å²) in [5.41, 5.74) is 1.50. The first-order valence-corrected chi connectivity index (χ1v) is 18.9. The number of hydrogen-bond acceptors (Lipinski definition) is 8. The van der Waals surface area contributed by atoms with Crippen LogP contribution in [0.2, 0.25) is 5.02 Å². The maximum Gasteiger partial charge on any atom is 0.418 e. The second-order valence-corrected chi connectivity index (χ2v) is 15.9. The zero-order valence-electron chi connectivity index (χ0n) is 30.4. The van der Waals surface area contributed by atoms with E-state index in [-0.39, 0.29) is 58.0 Å². The average molecular weight is 768 g/mol. The van der Waals surface area contributed by atoms with Crippen molar-refractivity contribution in [1.82, 2.24) is 24.9 Å². The maximum atomic E-state index is 14.3. The first-order chi connectivity index (χ1) is 25.7. The molecule has 1 aromatic heterocycles. The number of anilines is 2. The lowest BCUT2D eigenvalue weighted by atomic mass is 9.71. The van der Waals surface area contributed by atoms with Crippen molar-refractivity contribution in [2.45, 2.75) is 69.0 Å². The Morgan fingerprint density at radius 1 is 0.944 bits per heavy atom. The molecule has 3 amide bonds. The zero-order chi connectivity index (χ0) is 38.4. The van der Waals surface area contributed by atoms with Crippen LogP contribution in [0.5, 0.6) is 0 Å². The second kappa shape index (κ2) is 15.0. The van der Waals surface area contributed by atoms with Crippen molar-refractivity contribution < 1.29 is 27.6 Å². The van der Waals surface area contributed by atoms with E-state index < -0.39 is 29.5 Å². The molecule has 288 valence electrons. The van der Waals surface area contributed by atoms with Gasteiger partial charge in [-0.05, 0) is 92.3 Å². The van der Waals surface area contributed by atoms with Crippen molar-refractivity contribution in [3.8, 4) is 0 Å². The van der Waals surface area contributed by atoms with Gasteiger partial charge < -0.3 is 20.0 Å². The number of aryl methyl sites for hydroxylation is 1. The van der Waals surface area contributed by atoms with Gasteiger partial charge in [-0.25, -0.2) is 4.68 Å². The van der Waals surface area contributed by atoms with Crippen molar-refractivity contribution >= 4 is 40.7 Å². The molecule has 4 fully saturated rings. The molecule has 1 unspecified atom stereocenters. The van der Waals surface area contributed by atoms with Crippen LogP contribution in [0.1, 0.15) is 83.8 Å². The number of carbonyl (C=O) groups excluding carboxylic acids is 3. The van der Waals surface area contributed by atoms with E-state index in [1.54, 1.807) is 24.2 Å². The molecule has 11 nitrogen and oxygen atoms in total. The van der Waals surface area contributed by atoms with E-state index >= 15 is 0 Å². The average Bonchev–Trinajstić information content (AvgIpc) is 3.15. The third kappa shape index (κ3) is 7.86. The third-order valence-corrected chi connectivity index (χ3v) is 12.3. The highest BCUT2D eigenvalue weighted by molar-refractivity contribution is 6.32. The summed E-state index contributed by atoms with van der Waals surface area (Å²) in [7, 11) is 3.61. The van der Waals surface area contributed by atoms with Crippen LogP contribution in [0, 0.1) is 5.41 Å². The SMILES string of the molecule is CN1C[C@H](Nc2cnn(C)c(=O)c2Cl)C[C@H](c2ccc(C(=O)N3CCC4(CC3)CCN(c3ccc(C5CCC(=O)NC5=O)cc3C(F)(F)F)CC4)cc2)C1. The predicted octanol–water partition coefficient (Wildman–Crippen LogP) is 5.40. The Hall–Kier alpha value is -4.43. The molecule has 0 saturated carbocycles. The smallest absolute Gasteiger partial charge is 0.378 e. The van der Waals surface area contributed by atoms with Gasteiger partial charge in [0.1, 0.15) is 5.02 Å². The topological polar surface area (TPSA) is 120 Å². The number of carbonyl (C=O) groups is 3. The van der Waals surface area contributed by atoms with Crippen molar-refractivity contribution in [2.75, 3.05) is 56.5 Å². The molecular formula is C39H45ClF3N7O4. The first kappa shape index (κ1) is 37.9. The van der Waals surface area contributed by atoms with Crippen LogP contribution in [0.4, 0.5) is 24.5 Å². The van der Waals surface area contributed by atoms with E-state index in [2.05, 4.69) is 27.7 Å². The van der Waals surface area contributed by atoms with Gasteiger partial charge in [0.2, 0.25) is 11.8 Å². The number of likely N-dealkylation sites (N-methyl/N-ethyl adjacent to an activating group) is 1. The number of hydrogen-bond donors (Lipinski definition) is 2. The van der Waals surface area contributed by atoms with Gasteiger partial charge in [-0.3, -0.25) is 24.5 Å². The molecule has 4 aliphatic rings. The van der Waals surface area contributed by atoms with Gasteiger partial charge in [-0.1, -0.05) is 29.8 Å². The van der Waals surface area contributed by atoms with Crippen LogP contribution in [0.25, 0.3) is 0 Å². The molecule has 7 rings (SSSR count). The van der Waals surface area contributed by atoms with E-state index in [9.17, 15) is 32.3 Å². The number of benzene rings is 2. The molecule has 4 saturated heterocycles. The summed E-state index contributed by atoms with van der Waals surface area (Å²) in [6, 6.07) is 12.0. The highest BCUT2D eigenvalue weighted by Crippen LogP contribution is 2.45. The lowest BCUT2D eigenvalue weighted by Gasteiger charge is -2.47. The standard InChI is InChI=1S/C39H45ClF3N7O4/c1-47-22-27(19-28(23-47)45-31-21-44-48(2)37(54)34(31)40)24-3-5-25(6-4-24)36(53)50-17-13-38(14-18-50)11-15-49(16-12-38)32-9-7-26(20-30(32)39(41,42)43)29-8-10-33(51)46-35(29)52/h3-7,9,20-21,27-29,45H,8,10-19,22-23H2,1-2H3,(H,46,51,52)/t27-,28+,29?/m0/s1. The number of piperidine rings is 4. The van der Waals surface area contributed by atoms with Crippen LogP contribution >= 0.6 is 11.6 Å². The number of rotatable bonds is 6. The van der Waals surface area contributed by atoms with Gasteiger partial charge in [0.15, 0.2) is 0 Å². The normalized spacial score (nSPS) is 23.7. The van der Waals surface area contributed by atoms with E-state index in [1.165, 1.54) is 10.7 Å². The number of imide groups is 1. The number of alkyl halides is 3. The Bertz CT molecular complexity index is 1970. The number of halogens is 4. The van der Waals surface area contributed by atoms with E-state index in [4.69, 9.17) is 11.6 Å². The van der Waals surface area contributed by atoms with Gasteiger partial charge in [-0.2, -0.15) is 18.3 Å². The minimum Gasteiger partial charge on any atom is -0.378 e. The van der Waals surface area contributed by atoms with E-state index in [0.717, 1.165) is 56.8 Å². The number of likely N-dealkylation sites (tertiary alicyclic amines) is 2. The summed E-state index contributed by atoms with van der Waals surface area (Å²) >= 11 is 6.30. The predicted molar refractivity (Wildman–Crippen MR) is 199 cm³/mol. The molecule has 0 bridgehead atoms. The minimum absolute atomic E-state index is 0.0205. The fourth-order valence-corrected chi connectivity index (χ4v) is 8.99. The molecule has 2 aromatic carbocycles. The van der Waals surface area contributed by atoms with Crippen LogP contribution in [-0.2, 0) is 22.8 Å². The highest BCUT2D eigenvalue weighted by atomic mass is 35.5. The first-order valence-electron chi connectivity index (χ1n) is 18.6.